The second-order valence-electron chi connectivity index (χ2n) is 5.40. The zero-order valence-electron chi connectivity index (χ0n) is 12.5. The number of carbonyl (C=O) groups excluding carboxylic acids is 2. The minimum absolute atomic E-state index is 0.00258. The van der Waals surface area contributed by atoms with Gasteiger partial charge in [0.05, 0.1) is 12.6 Å². The lowest BCUT2D eigenvalue weighted by Crippen LogP contribution is -2.45. The van der Waals surface area contributed by atoms with E-state index >= 15 is 0 Å². The molecular formula is C16H23N3O2. The minimum Gasteiger partial charge on any atom is -0.341 e. The van der Waals surface area contributed by atoms with Crippen molar-refractivity contribution in [2.24, 2.45) is 0 Å². The molecule has 2 N–H and O–H groups in total. The van der Waals surface area contributed by atoms with Crippen LogP contribution in [-0.4, -0.2) is 36.5 Å². The molecule has 2 rings (SSSR count). The molecule has 1 heterocycles. The van der Waals surface area contributed by atoms with Gasteiger partial charge in [-0.25, -0.2) is 4.79 Å². The largest absolute Gasteiger partial charge is 0.341 e. The molecule has 5 heteroatoms. The fourth-order valence-electron chi connectivity index (χ4n) is 2.48. The van der Waals surface area contributed by atoms with E-state index in [-0.39, 0.29) is 24.5 Å². The lowest BCUT2D eigenvalue weighted by Gasteiger charge is -2.26. The van der Waals surface area contributed by atoms with E-state index in [1.165, 1.54) is 6.42 Å². The van der Waals surface area contributed by atoms with Gasteiger partial charge in [0.15, 0.2) is 0 Å². The molecule has 1 saturated heterocycles. The fourth-order valence-corrected chi connectivity index (χ4v) is 2.48. The number of benzene rings is 1. The minimum atomic E-state index is -0.309. The molecule has 0 radical (unpaired) electrons. The third-order valence-corrected chi connectivity index (χ3v) is 3.76. The Morgan fingerprint density at radius 1 is 1.14 bits per heavy atom. The van der Waals surface area contributed by atoms with Gasteiger partial charge in [0.2, 0.25) is 5.91 Å². The highest BCUT2D eigenvalue weighted by molar-refractivity contribution is 5.84. The SMILES string of the molecule is CC(NC(=O)NCC(=O)N1CCCCC1)c1ccccc1. The molecule has 0 spiro atoms. The van der Waals surface area contributed by atoms with E-state index in [1.54, 1.807) is 0 Å². The summed E-state index contributed by atoms with van der Waals surface area (Å²) in [6.07, 6.45) is 3.30. The normalized spacial score (nSPS) is 16.1. The molecule has 3 amide bonds. The quantitative estimate of drug-likeness (QED) is 0.891. The van der Waals surface area contributed by atoms with Crippen LogP contribution < -0.4 is 10.6 Å². The molecule has 5 nitrogen and oxygen atoms in total. The van der Waals surface area contributed by atoms with E-state index < -0.39 is 0 Å². The van der Waals surface area contributed by atoms with Gasteiger partial charge >= 0.3 is 6.03 Å². The summed E-state index contributed by atoms with van der Waals surface area (Å²) in [6, 6.07) is 9.34. The van der Waals surface area contributed by atoms with Crippen molar-refractivity contribution in [3.63, 3.8) is 0 Å². The van der Waals surface area contributed by atoms with Crippen LogP contribution in [0, 0.1) is 0 Å². The third kappa shape index (κ3) is 4.77. The van der Waals surface area contributed by atoms with E-state index in [0.29, 0.717) is 0 Å². The van der Waals surface area contributed by atoms with Crippen LogP contribution in [0.25, 0.3) is 0 Å². The Kier molecular flexibility index (Phi) is 5.60. The highest BCUT2D eigenvalue weighted by Gasteiger charge is 2.17. The van der Waals surface area contributed by atoms with Crippen molar-refractivity contribution in [1.29, 1.82) is 0 Å². The van der Waals surface area contributed by atoms with E-state index in [4.69, 9.17) is 0 Å². The molecule has 1 unspecified atom stereocenters. The Hall–Kier alpha value is -2.04. The maximum Gasteiger partial charge on any atom is 0.315 e. The Morgan fingerprint density at radius 3 is 2.48 bits per heavy atom. The van der Waals surface area contributed by atoms with Crippen molar-refractivity contribution < 1.29 is 9.59 Å². The number of rotatable bonds is 4. The van der Waals surface area contributed by atoms with Crippen LogP contribution >= 0.6 is 0 Å². The van der Waals surface area contributed by atoms with Gasteiger partial charge in [-0.2, -0.15) is 0 Å². The van der Waals surface area contributed by atoms with Crippen molar-refractivity contribution >= 4 is 11.9 Å². The zero-order valence-corrected chi connectivity index (χ0v) is 12.5. The lowest BCUT2D eigenvalue weighted by molar-refractivity contribution is -0.130. The lowest BCUT2D eigenvalue weighted by atomic mass is 10.1. The first-order chi connectivity index (χ1) is 10.2. The highest BCUT2D eigenvalue weighted by atomic mass is 16.2. The van der Waals surface area contributed by atoms with E-state index in [0.717, 1.165) is 31.5 Å². The van der Waals surface area contributed by atoms with Gasteiger partial charge in [-0.3, -0.25) is 4.79 Å². The maximum absolute atomic E-state index is 11.9. The van der Waals surface area contributed by atoms with Gasteiger partial charge in [-0.1, -0.05) is 30.3 Å². The number of piperidine rings is 1. The molecule has 1 aromatic rings. The Morgan fingerprint density at radius 2 is 1.81 bits per heavy atom. The van der Waals surface area contributed by atoms with Crippen LogP contribution in [0.3, 0.4) is 0 Å². The highest BCUT2D eigenvalue weighted by Crippen LogP contribution is 2.11. The summed E-state index contributed by atoms with van der Waals surface area (Å²) >= 11 is 0. The van der Waals surface area contributed by atoms with Gasteiger partial charge in [0.1, 0.15) is 0 Å². The molecule has 1 fully saturated rings. The summed E-state index contributed by atoms with van der Waals surface area (Å²) in [6.45, 7) is 3.60. The van der Waals surface area contributed by atoms with Crippen LogP contribution in [0.2, 0.25) is 0 Å². The average Bonchev–Trinajstić information content (AvgIpc) is 2.54. The summed E-state index contributed by atoms with van der Waals surface area (Å²) in [5, 5.41) is 5.47. The van der Waals surface area contributed by atoms with Gasteiger partial charge in [0.25, 0.3) is 0 Å². The van der Waals surface area contributed by atoms with Crippen LogP contribution in [0.15, 0.2) is 30.3 Å². The Labute approximate surface area is 125 Å². The van der Waals surface area contributed by atoms with Crippen LogP contribution in [-0.2, 0) is 4.79 Å². The predicted molar refractivity (Wildman–Crippen MR) is 81.8 cm³/mol. The number of urea groups is 1. The molecule has 1 aliphatic rings. The van der Waals surface area contributed by atoms with E-state index in [1.807, 2.05) is 42.2 Å². The van der Waals surface area contributed by atoms with Gasteiger partial charge in [-0.15, -0.1) is 0 Å². The average molecular weight is 289 g/mol. The number of carbonyl (C=O) groups is 2. The van der Waals surface area contributed by atoms with Crippen molar-refractivity contribution in [3.05, 3.63) is 35.9 Å². The van der Waals surface area contributed by atoms with Crippen molar-refractivity contribution in [2.75, 3.05) is 19.6 Å². The first-order valence-electron chi connectivity index (χ1n) is 7.54. The molecule has 1 atom stereocenters. The number of nitrogens with zero attached hydrogens (tertiary/aromatic N) is 1. The smallest absolute Gasteiger partial charge is 0.315 e. The number of nitrogens with one attached hydrogen (secondary N) is 2. The second-order valence-corrected chi connectivity index (χ2v) is 5.40. The van der Waals surface area contributed by atoms with E-state index in [2.05, 4.69) is 10.6 Å². The molecule has 114 valence electrons. The summed E-state index contributed by atoms with van der Waals surface area (Å²) in [5.41, 5.74) is 1.04. The van der Waals surface area contributed by atoms with Crippen LogP contribution in [0.1, 0.15) is 37.8 Å². The molecule has 0 aliphatic carbocycles. The Bertz CT molecular complexity index is 470. The summed E-state index contributed by atoms with van der Waals surface area (Å²) in [5.74, 6) is -0.00258. The Balaban J connectivity index is 1.73. The van der Waals surface area contributed by atoms with Crippen LogP contribution in [0.4, 0.5) is 4.79 Å². The topological polar surface area (TPSA) is 61.4 Å². The number of hydrogen-bond acceptors (Lipinski definition) is 2. The molecule has 1 aliphatic heterocycles. The molecule has 0 aromatic heterocycles. The molecule has 0 saturated carbocycles. The monoisotopic (exact) mass is 289 g/mol. The molecule has 21 heavy (non-hydrogen) atoms. The second kappa shape index (κ2) is 7.67. The van der Waals surface area contributed by atoms with Gasteiger partial charge < -0.3 is 15.5 Å². The van der Waals surface area contributed by atoms with Gasteiger partial charge in [-0.05, 0) is 31.7 Å². The standard InChI is InChI=1S/C16H23N3O2/c1-13(14-8-4-2-5-9-14)18-16(21)17-12-15(20)19-10-6-3-7-11-19/h2,4-5,8-9,13H,3,6-7,10-12H2,1H3,(H2,17,18,21). The molecule has 1 aromatic carbocycles. The summed E-state index contributed by atoms with van der Waals surface area (Å²) in [4.78, 5) is 25.6. The fraction of sp³-hybridized carbons (Fsp3) is 0.500. The number of amides is 3. The van der Waals surface area contributed by atoms with Crippen molar-refractivity contribution in [2.45, 2.75) is 32.2 Å². The van der Waals surface area contributed by atoms with Gasteiger partial charge in [0, 0.05) is 13.1 Å². The summed E-state index contributed by atoms with van der Waals surface area (Å²) in [7, 11) is 0. The first kappa shape index (κ1) is 15.4. The zero-order chi connectivity index (χ0) is 15.1. The van der Waals surface area contributed by atoms with Crippen LogP contribution in [0.5, 0.6) is 0 Å². The van der Waals surface area contributed by atoms with E-state index in [9.17, 15) is 9.59 Å². The number of likely N-dealkylation sites (tertiary alicyclic amines) is 1. The number of hydrogen-bond donors (Lipinski definition) is 2. The first-order valence-corrected chi connectivity index (χ1v) is 7.54. The maximum atomic E-state index is 11.9. The predicted octanol–water partition coefficient (Wildman–Crippen LogP) is 2.06. The third-order valence-electron chi connectivity index (χ3n) is 3.76. The van der Waals surface area contributed by atoms with Crippen molar-refractivity contribution in [1.82, 2.24) is 15.5 Å². The molecular weight excluding hydrogens is 266 g/mol. The van der Waals surface area contributed by atoms with Crippen molar-refractivity contribution in [3.8, 4) is 0 Å². The summed E-state index contributed by atoms with van der Waals surface area (Å²) < 4.78 is 0. The molecule has 0 bridgehead atoms.